The highest BCUT2D eigenvalue weighted by Crippen LogP contribution is 2.25. The summed E-state index contributed by atoms with van der Waals surface area (Å²) in [6.07, 6.45) is 0.905. The molecule has 0 aromatic carbocycles. The van der Waals surface area contributed by atoms with Crippen molar-refractivity contribution in [3.8, 4) is 0 Å². The molecule has 1 atom stereocenters. The Labute approximate surface area is 112 Å². The van der Waals surface area contributed by atoms with Crippen molar-refractivity contribution in [3.05, 3.63) is 0 Å². The Kier molecular flexibility index (Phi) is 5.29. The maximum absolute atomic E-state index is 11.9. The molecule has 7 nitrogen and oxygen atoms in total. The van der Waals surface area contributed by atoms with Crippen molar-refractivity contribution < 1.29 is 19.5 Å². The number of carboxylic acids is 1. The van der Waals surface area contributed by atoms with Crippen LogP contribution in [-0.4, -0.2) is 48.6 Å². The van der Waals surface area contributed by atoms with Gasteiger partial charge in [-0.25, -0.2) is 0 Å². The van der Waals surface area contributed by atoms with Crippen LogP contribution >= 0.6 is 0 Å². The number of rotatable bonds is 6. The molecule has 4 N–H and O–H groups in total. The summed E-state index contributed by atoms with van der Waals surface area (Å²) < 4.78 is 0. The second kappa shape index (κ2) is 6.51. The van der Waals surface area contributed by atoms with Gasteiger partial charge in [0, 0.05) is 13.1 Å². The predicted molar refractivity (Wildman–Crippen MR) is 68.5 cm³/mol. The summed E-state index contributed by atoms with van der Waals surface area (Å²) in [7, 11) is 0. The van der Waals surface area contributed by atoms with E-state index in [2.05, 4.69) is 16.0 Å². The van der Waals surface area contributed by atoms with Gasteiger partial charge in [-0.2, -0.15) is 0 Å². The van der Waals surface area contributed by atoms with Crippen molar-refractivity contribution in [2.24, 2.45) is 5.41 Å². The number of aliphatic carboxylic acids is 1. The molecule has 108 valence electrons. The van der Waals surface area contributed by atoms with Gasteiger partial charge >= 0.3 is 5.97 Å². The van der Waals surface area contributed by atoms with Gasteiger partial charge in [0.25, 0.3) is 0 Å². The first kappa shape index (κ1) is 15.4. The van der Waals surface area contributed by atoms with Crippen molar-refractivity contribution in [2.75, 3.05) is 19.6 Å². The molecule has 0 aromatic heterocycles. The normalized spacial score (nSPS) is 19.7. The third kappa shape index (κ3) is 3.66. The molecule has 1 rings (SSSR count). The number of nitrogens with one attached hydrogen (secondary N) is 3. The number of hydrogen-bond donors (Lipinski definition) is 4. The lowest BCUT2D eigenvalue weighted by Crippen LogP contribution is -2.59. The predicted octanol–water partition coefficient (Wildman–Crippen LogP) is -0.918. The van der Waals surface area contributed by atoms with Crippen LogP contribution in [0.1, 0.15) is 26.7 Å². The lowest BCUT2D eigenvalue weighted by Gasteiger charge is -2.29. The summed E-state index contributed by atoms with van der Waals surface area (Å²) in [6.45, 7) is 4.01. The average molecular weight is 271 g/mol. The molecule has 1 heterocycles. The van der Waals surface area contributed by atoms with Gasteiger partial charge in [-0.05, 0) is 12.8 Å². The summed E-state index contributed by atoms with van der Waals surface area (Å²) in [5, 5.41) is 17.3. The van der Waals surface area contributed by atoms with Crippen molar-refractivity contribution in [1.29, 1.82) is 0 Å². The molecule has 0 bridgehead atoms. The maximum atomic E-state index is 11.9. The third-order valence-corrected chi connectivity index (χ3v) is 3.74. The Morgan fingerprint density at radius 2 is 2.05 bits per heavy atom. The van der Waals surface area contributed by atoms with Crippen LogP contribution in [0.15, 0.2) is 0 Å². The zero-order chi connectivity index (χ0) is 14.5. The fourth-order valence-corrected chi connectivity index (χ4v) is 2.01. The van der Waals surface area contributed by atoms with E-state index in [-0.39, 0.29) is 31.4 Å². The molecule has 7 heteroatoms. The van der Waals surface area contributed by atoms with Crippen molar-refractivity contribution in [3.63, 3.8) is 0 Å². The van der Waals surface area contributed by atoms with E-state index in [1.165, 1.54) is 0 Å². The van der Waals surface area contributed by atoms with Crippen molar-refractivity contribution in [2.45, 2.75) is 32.7 Å². The summed E-state index contributed by atoms with van der Waals surface area (Å²) in [4.78, 5) is 34.1. The fourth-order valence-electron chi connectivity index (χ4n) is 2.01. The van der Waals surface area contributed by atoms with E-state index in [0.29, 0.717) is 12.8 Å². The van der Waals surface area contributed by atoms with Gasteiger partial charge in [0.15, 0.2) is 0 Å². The molecule has 1 aliphatic heterocycles. The van der Waals surface area contributed by atoms with Gasteiger partial charge in [-0.15, -0.1) is 0 Å². The molecule has 1 aliphatic rings. The maximum Gasteiger partial charge on any atom is 0.311 e. The zero-order valence-electron chi connectivity index (χ0n) is 11.3. The number of carbonyl (C=O) groups is 3. The molecule has 0 spiro atoms. The quantitative estimate of drug-likeness (QED) is 0.500. The van der Waals surface area contributed by atoms with E-state index in [4.69, 9.17) is 0 Å². The lowest BCUT2D eigenvalue weighted by atomic mass is 9.82. The average Bonchev–Trinajstić information content (AvgIpc) is 2.40. The second-order valence-electron chi connectivity index (χ2n) is 4.75. The highest BCUT2D eigenvalue weighted by atomic mass is 16.4. The van der Waals surface area contributed by atoms with E-state index < -0.39 is 17.4 Å². The molecule has 2 amide bonds. The number of amides is 2. The molecular formula is C12H21N3O4. The number of piperazine rings is 1. The van der Waals surface area contributed by atoms with E-state index in [1.807, 2.05) is 0 Å². The first-order valence-corrected chi connectivity index (χ1v) is 6.46. The molecular weight excluding hydrogens is 250 g/mol. The van der Waals surface area contributed by atoms with Gasteiger partial charge in [-0.3, -0.25) is 19.7 Å². The van der Waals surface area contributed by atoms with Gasteiger partial charge in [0.05, 0.1) is 12.0 Å². The molecule has 0 aliphatic carbocycles. The van der Waals surface area contributed by atoms with Crippen LogP contribution < -0.4 is 16.0 Å². The number of carbonyl (C=O) groups excluding carboxylic acids is 2. The summed E-state index contributed by atoms with van der Waals surface area (Å²) in [5.74, 6) is -1.33. The van der Waals surface area contributed by atoms with Crippen LogP contribution in [0.4, 0.5) is 0 Å². The molecule has 1 fully saturated rings. The van der Waals surface area contributed by atoms with E-state index in [9.17, 15) is 19.5 Å². The Bertz CT molecular complexity index is 356. The van der Waals surface area contributed by atoms with Gasteiger partial charge < -0.3 is 15.7 Å². The van der Waals surface area contributed by atoms with Crippen LogP contribution in [-0.2, 0) is 14.4 Å². The summed E-state index contributed by atoms with van der Waals surface area (Å²) in [5.41, 5.74) is -0.923. The SMILES string of the molecule is CCC(CC)(CNC(=O)C1CNC(=O)CN1)C(=O)O. The molecule has 0 radical (unpaired) electrons. The Hall–Kier alpha value is -1.63. The second-order valence-corrected chi connectivity index (χ2v) is 4.75. The van der Waals surface area contributed by atoms with Gasteiger partial charge in [0.2, 0.25) is 11.8 Å². The van der Waals surface area contributed by atoms with Gasteiger partial charge in [-0.1, -0.05) is 13.8 Å². The first-order valence-electron chi connectivity index (χ1n) is 6.46. The molecule has 0 saturated carbocycles. The summed E-state index contributed by atoms with van der Waals surface area (Å²) >= 11 is 0. The minimum atomic E-state index is -0.923. The van der Waals surface area contributed by atoms with Crippen molar-refractivity contribution in [1.82, 2.24) is 16.0 Å². The Morgan fingerprint density at radius 3 is 2.47 bits per heavy atom. The van der Waals surface area contributed by atoms with Gasteiger partial charge in [0.1, 0.15) is 6.04 Å². The van der Waals surface area contributed by atoms with E-state index in [0.717, 1.165) is 0 Å². The monoisotopic (exact) mass is 271 g/mol. The van der Waals surface area contributed by atoms with E-state index >= 15 is 0 Å². The van der Waals surface area contributed by atoms with Crippen LogP contribution in [0.25, 0.3) is 0 Å². The number of hydrogen-bond acceptors (Lipinski definition) is 4. The molecule has 0 aromatic rings. The smallest absolute Gasteiger partial charge is 0.311 e. The summed E-state index contributed by atoms with van der Waals surface area (Å²) in [6, 6.07) is -0.502. The first-order chi connectivity index (χ1) is 8.95. The highest BCUT2D eigenvalue weighted by Gasteiger charge is 2.36. The van der Waals surface area contributed by atoms with Crippen LogP contribution in [0.2, 0.25) is 0 Å². The zero-order valence-corrected chi connectivity index (χ0v) is 11.3. The van der Waals surface area contributed by atoms with Crippen LogP contribution in [0.3, 0.4) is 0 Å². The molecule has 19 heavy (non-hydrogen) atoms. The highest BCUT2D eigenvalue weighted by molar-refractivity contribution is 5.87. The number of carboxylic acid groups (broad SMARTS) is 1. The fraction of sp³-hybridized carbons (Fsp3) is 0.750. The molecule has 1 unspecified atom stereocenters. The van der Waals surface area contributed by atoms with Crippen LogP contribution in [0, 0.1) is 5.41 Å². The standard InChI is InChI=1S/C12H21N3O4/c1-3-12(4-2,11(18)19)7-15-10(17)8-5-14-9(16)6-13-8/h8,13H,3-7H2,1-2H3,(H,14,16)(H,15,17)(H,18,19). The molecule has 1 saturated heterocycles. The van der Waals surface area contributed by atoms with E-state index in [1.54, 1.807) is 13.8 Å². The minimum Gasteiger partial charge on any atom is -0.481 e. The topological polar surface area (TPSA) is 108 Å². The Morgan fingerprint density at radius 1 is 1.42 bits per heavy atom. The Balaban J connectivity index is 2.53. The minimum absolute atomic E-state index is 0.0975. The van der Waals surface area contributed by atoms with Crippen LogP contribution in [0.5, 0.6) is 0 Å². The van der Waals surface area contributed by atoms with Crippen molar-refractivity contribution >= 4 is 17.8 Å². The third-order valence-electron chi connectivity index (χ3n) is 3.74. The largest absolute Gasteiger partial charge is 0.481 e. The lowest BCUT2D eigenvalue weighted by molar-refractivity contribution is -0.149.